The monoisotopic (exact) mass is 365 g/mol. The number of nitrogens with zero attached hydrogens (tertiary/aromatic N) is 1. The highest BCUT2D eigenvalue weighted by Crippen LogP contribution is 2.29. The van der Waals surface area contributed by atoms with Gasteiger partial charge >= 0.3 is 0 Å². The SMILES string of the molecule is NS(=O)(=O)c1ccc(CCC(=O)Nc2nc3c(s2)CCCC3)cc1. The van der Waals surface area contributed by atoms with Gasteiger partial charge in [-0.25, -0.2) is 18.5 Å². The number of benzene rings is 1. The van der Waals surface area contributed by atoms with Crippen LogP contribution >= 0.6 is 11.3 Å². The smallest absolute Gasteiger partial charge is 0.238 e. The Morgan fingerprint density at radius 3 is 2.58 bits per heavy atom. The van der Waals surface area contributed by atoms with Crippen molar-refractivity contribution in [1.82, 2.24) is 4.98 Å². The van der Waals surface area contributed by atoms with Gasteiger partial charge in [-0.05, 0) is 49.8 Å². The third kappa shape index (κ3) is 4.19. The van der Waals surface area contributed by atoms with Gasteiger partial charge in [0.05, 0.1) is 10.6 Å². The van der Waals surface area contributed by atoms with Crippen molar-refractivity contribution in [3.63, 3.8) is 0 Å². The van der Waals surface area contributed by atoms with E-state index in [2.05, 4.69) is 10.3 Å². The summed E-state index contributed by atoms with van der Waals surface area (Å²) in [6, 6.07) is 6.26. The molecular weight excluding hydrogens is 346 g/mol. The van der Waals surface area contributed by atoms with Crippen LogP contribution in [0.1, 0.15) is 35.4 Å². The molecule has 6 nitrogen and oxygen atoms in total. The number of hydrogen-bond donors (Lipinski definition) is 2. The van der Waals surface area contributed by atoms with Crippen molar-refractivity contribution in [2.45, 2.75) is 43.4 Å². The van der Waals surface area contributed by atoms with Crippen LogP contribution in [0.4, 0.5) is 5.13 Å². The zero-order chi connectivity index (χ0) is 17.2. The van der Waals surface area contributed by atoms with Crippen molar-refractivity contribution in [2.24, 2.45) is 5.14 Å². The Morgan fingerprint density at radius 1 is 1.21 bits per heavy atom. The van der Waals surface area contributed by atoms with Gasteiger partial charge in [0.15, 0.2) is 5.13 Å². The Morgan fingerprint density at radius 2 is 1.92 bits per heavy atom. The molecule has 0 unspecified atom stereocenters. The lowest BCUT2D eigenvalue weighted by Crippen LogP contribution is -2.13. The van der Waals surface area contributed by atoms with Gasteiger partial charge in [0.1, 0.15) is 0 Å². The van der Waals surface area contributed by atoms with E-state index in [1.165, 1.54) is 29.9 Å². The Labute approximate surface area is 145 Å². The second-order valence-corrected chi connectivity index (χ2v) is 8.48. The van der Waals surface area contributed by atoms with E-state index in [9.17, 15) is 13.2 Å². The lowest BCUT2D eigenvalue weighted by Gasteiger charge is -2.06. The molecule has 24 heavy (non-hydrogen) atoms. The molecule has 3 N–H and O–H groups in total. The number of aryl methyl sites for hydroxylation is 3. The molecule has 0 saturated heterocycles. The van der Waals surface area contributed by atoms with Gasteiger partial charge in [0.2, 0.25) is 15.9 Å². The molecule has 3 rings (SSSR count). The van der Waals surface area contributed by atoms with Crippen LogP contribution in [0.5, 0.6) is 0 Å². The lowest BCUT2D eigenvalue weighted by molar-refractivity contribution is -0.116. The van der Waals surface area contributed by atoms with Gasteiger partial charge in [-0.15, -0.1) is 11.3 Å². The zero-order valence-electron chi connectivity index (χ0n) is 13.1. The van der Waals surface area contributed by atoms with Gasteiger partial charge in [-0.1, -0.05) is 12.1 Å². The first-order valence-corrected chi connectivity index (χ1v) is 10.2. The predicted molar refractivity (Wildman–Crippen MR) is 93.5 cm³/mol. The molecule has 1 aliphatic rings. The predicted octanol–water partition coefficient (Wildman–Crippen LogP) is 2.24. The van der Waals surface area contributed by atoms with Crippen molar-refractivity contribution in [3.05, 3.63) is 40.4 Å². The van der Waals surface area contributed by atoms with Crippen LogP contribution in [0.2, 0.25) is 0 Å². The molecule has 2 aromatic rings. The van der Waals surface area contributed by atoms with Crippen molar-refractivity contribution < 1.29 is 13.2 Å². The molecule has 1 aliphatic carbocycles. The summed E-state index contributed by atoms with van der Waals surface area (Å²) >= 11 is 1.57. The standard InChI is InChI=1S/C16H19N3O3S2/c17-24(21,22)12-8-5-11(6-9-12)7-10-15(20)19-16-18-13-3-1-2-4-14(13)23-16/h5-6,8-9H,1-4,7,10H2,(H2,17,21,22)(H,18,19,20). The summed E-state index contributed by atoms with van der Waals surface area (Å²) in [6.07, 6.45) is 5.26. The highest BCUT2D eigenvalue weighted by molar-refractivity contribution is 7.89. The van der Waals surface area contributed by atoms with E-state index in [-0.39, 0.29) is 10.8 Å². The van der Waals surface area contributed by atoms with Gasteiger partial charge in [0, 0.05) is 11.3 Å². The molecule has 0 bridgehead atoms. The van der Waals surface area contributed by atoms with Gasteiger partial charge in [0.25, 0.3) is 0 Å². The average Bonchev–Trinajstić information content (AvgIpc) is 2.94. The van der Waals surface area contributed by atoms with Crippen LogP contribution in [-0.4, -0.2) is 19.3 Å². The number of anilines is 1. The molecule has 0 radical (unpaired) electrons. The van der Waals surface area contributed by atoms with E-state index >= 15 is 0 Å². The minimum atomic E-state index is -3.68. The maximum Gasteiger partial charge on any atom is 0.238 e. The zero-order valence-corrected chi connectivity index (χ0v) is 14.8. The van der Waals surface area contributed by atoms with Gasteiger partial charge in [-0.3, -0.25) is 4.79 Å². The van der Waals surface area contributed by atoms with Crippen LogP contribution in [0, 0.1) is 0 Å². The Kier molecular flexibility index (Phi) is 4.98. The number of aromatic nitrogens is 1. The molecule has 1 heterocycles. The van der Waals surface area contributed by atoms with E-state index in [0.29, 0.717) is 18.0 Å². The fourth-order valence-corrected chi connectivity index (χ4v) is 4.27. The summed E-state index contributed by atoms with van der Waals surface area (Å²) in [5, 5.41) is 8.59. The highest BCUT2D eigenvalue weighted by Gasteiger charge is 2.16. The van der Waals surface area contributed by atoms with Crippen molar-refractivity contribution in [2.75, 3.05) is 5.32 Å². The number of nitrogens with one attached hydrogen (secondary N) is 1. The highest BCUT2D eigenvalue weighted by atomic mass is 32.2. The number of amides is 1. The second kappa shape index (κ2) is 7.00. The molecule has 0 atom stereocenters. The summed E-state index contributed by atoms with van der Waals surface area (Å²) in [7, 11) is -3.68. The van der Waals surface area contributed by atoms with Crippen molar-refractivity contribution >= 4 is 32.4 Å². The van der Waals surface area contributed by atoms with Crippen LogP contribution in [0.25, 0.3) is 0 Å². The molecule has 8 heteroatoms. The van der Waals surface area contributed by atoms with E-state index in [1.807, 2.05) is 0 Å². The van der Waals surface area contributed by atoms with Crippen molar-refractivity contribution in [3.8, 4) is 0 Å². The number of fused-ring (bicyclic) bond motifs is 1. The topological polar surface area (TPSA) is 102 Å². The fourth-order valence-electron chi connectivity index (χ4n) is 2.69. The molecule has 128 valence electrons. The maximum absolute atomic E-state index is 12.1. The third-order valence-electron chi connectivity index (χ3n) is 3.98. The lowest BCUT2D eigenvalue weighted by atomic mass is 10.0. The first-order valence-electron chi connectivity index (χ1n) is 7.82. The number of rotatable bonds is 5. The van der Waals surface area contributed by atoms with Crippen LogP contribution in [-0.2, 0) is 34.1 Å². The van der Waals surface area contributed by atoms with E-state index in [4.69, 9.17) is 5.14 Å². The number of sulfonamides is 1. The van der Waals surface area contributed by atoms with Gasteiger partial charge in [-0.2, -0.15) is 0 Å². The van der Waals surface area contributed by atoms with Crippen LogP contribution < -0.4 is 10.5 Å². The summed E-state index contributed by atoms with van der Waals surface area (Å²) in [5.74, 6) is -0.0865. The number of nitrogens with two attached hydrogens (primary N) is 1. The molecule has 0 fully saturated rings. The Hall–Kier alpha value is -1.77. The van der Waals surface area contributed by atoms with Crippen molar-refractivity contribution in [1.29, 1.82) is 0 Å². The first kappa shape index (κ1) is 17.1. The number of carbonyl (C=O) groups is 1. The third-order valence-corrected chi connectivity index (χ3v) is 5.99. The average molecular weight is 365 g/mol. The molecule has 0 spiro atoms. The summed E-state index contributed by atoms with van der Waals surface area (Å²) < 4.78 is 22.4. The summed E-state index contributed by atoms with van der Waals surface area (Å²) in [6.45, 7) is 0. The quantitative estimate of drug-likeness (QED) is 0.848. The summed E-state index contributed by atoms with van der Waals surface area (Å²) in [4.78, 5) is 17.9. The number of carbonyl (C=O) groups excluding carboxylic acids is 1. The van der Waals surface area contributed by atoms with Crippen LogP contribution in [0.15, 0.2) is 29.2 Å². The van der Waals surface area contributed by atoms with E-state index in [1.54, 1.807) is 23.5 Å². The number of thiazole rings is 1. The fraction of sp³-hybridized carbons (Fsp3) is 0.375. The van der Waals surface area contributed by atoms with Crippen LogP contribution in [0.3, 0.4) is 0 Å². The molecular formula is C16H19N3O3S2. The summed E-state index contributed by atoms with van der Waals surface area (Å²) in [5.41, 5.74) is 2.01. The van der Waals surface area contributed by atoms with E-state index < -0.39 is 10.0 Å². The maximum atomic E-state index is 12.1. The molecule has 1 aromatic carbocycles. The minimum absolute atomic E-state index is 0.0732. The molecule has 0 aliphatic heterocycles. The number of hydrogen-bond acceptors (Lipinski definition) is 5. The molecule has 0 saturated carbocycles. The minimum Gasteiger partial charge on any atom is -0.302 e. The van der Waals surface area contributed by atoms with Gasteiger partial charge < -0.3 is 5.32 Å². The Bertz CT molecular complexity index is 818. The normalized spacial score (nSPS) is 14.2. The van der Waals surface area contributed by atoms with E-state index in [0.717, 1.165) is 24.1 Å². The largest absolute Gasteiger partial charge is 0.302 e. The number of primary sulfonamides is 1. The molecule has 1 aromatic heterocycles. The second-order valence-electron chi connectivity index (χ2n) is 5.83. The Balaban J connectivity index is 1.55. The molecule has 1 amide bonds. The first-order chi connectivity index (χ1) is 11.4.